The fraction of sp³-hybridized carbons (Fsp3) is 0.500. The van der Waals surface area contributed by atoms with Crippen molar-refractivity contribution < 1.29 is 5.11 Å². The van der Waals surface area contributed by atoms with Crippen molar-refractivity contribution >= 4 is 15.9 Å². The third-order valence-electron chi connectivity index (χ3n) is 3.51. The van der Waals surface area contributed by atoms with Crippen molar-refractivity contribution in [3.63, 3.8) is 0 Å². The highest BCUT2D eigenvalue weighted by Crippen LogP contribution is 2.46. The maximum atomic E-state index is 10.0. The van der Waals surface area contributed by atoms with Crippen LogP contribution in [0.3, 0.4) is 0 Å². The number of halogens is 1. The van der Waals surface area contributed by atoms with Gasteiger partial charge in [-0.3, -0.25) is 0 Å². The zero-order valence-electron chi connectivity index (χ0n) is 8.62. The quantitative estimate of drug-likeness (QED) is 0.884. The SMILES string of the molecule is NCC(O)C1(c2cccc(Br)c2)CCC1. The minimum absolute atomic E-state index is 0.0848. The molecule has 0 aliphatic heterocycles. The highest BCUT2D eigenvalue weighted by atomic mass is 79.9. The van der Waals surface area contributed by atoms with E-state index in [0.29, 0.717) is 6.54 Å². The zero-order chi connectivity index (χ0) is 10.9. The predicted octanol–water partition coefficient (Wildman–Crippen LogP) is 2.19. The maximum Gasteiger partial charge on any atom is 0.0758 e. The van der Waals surface area contributed by atoms with Crippen LogP contribution >= 0.6 is 15.9 Å². The number of aliphatic hydroxyl groups is 1. The normalized spacial score (nSPS) is 20.7. The topological polar surface area (TPSA) is 46.2 Å². The summed E-state index contributed by atoms with van der Waals surface area (Å²) >= 11 is 3.47. The van der Waals surface area contributed by atoms with Gasteiger partial charge in [0.05, 0.1) is 6.10 Å². The van der Waals surface area contributed by atoms with E-state index in [4.69, 9.17) is 5.73 Å². The number of nitrogens with two attached hydrogens (primary N) is 1. The smallest absolute Gasteiger partial charge is 0.0758 e. The summed E-state index contributed by atoms with van der Waals surface area (Å²) in [5.41, 5.74) is 6.71. The van der Waals surface area contributed by atoms with Crippen molar-refractivity contribution in [2.75, 3.05) is 6.54 Å². The van der Waals surface area contributed by atoms with Crippen LogP contribution in [0.5, 0.6) is 0 Å². The molecule has 1 aliphatic carbocycles. The average molecular weight is 270 g/mol. The van der Waals surface area contributed by atoms with Gasteiger partial charge >= 0.3 is 0 Å². The van der Waals surface area contributed by atoms with Crippen LogP contribution in [-0.4, -0.2) is 17.8 Å². The summed E-state index contributed by atoms with van der Waals surface area (Å²) < 4.78 is 1.07. The molecule has 82 valence electrons. The Kier molecular flexibility index (Phi) is 3.14. The molecule has 2 rings (SSSR count). The van der Waals surface area contributed by atoms with E-state index in [0.717, 1.165) is 17.3 Å². The summed E-state index contributed by atoms with van der Waals surface area (Å²) in [6, 6.07) is 8.20. The molecule has 1 unspecified atom stereocenters. The fourth-order valence-electron chi connectivity index (χ4n) is 2.40. The summed E-state index contributed by atoms with van der Waals surface area (Å²) in [6.07, 6.45) is 2.85. The molecule has 1 saturated carbocycles. The van der Waals surface area contributed by atoms with Gasteiger partial charge in [0.1, 0.15) is 0 Å². The molecule has 3 heteroatoms. The Labute approximate surface area is 98.6 Å². The molecule has 3 N–H and O–H groups in total. The van der Waals surface area contributed by atoms with E-state index < -0.39 is 6.10 Å². The van der Waals surface area contributed by atoms with Crippen LogP contribution in [0.25, 0.3) is 0 Å². The van der Waals surface area contributed by atoms with Gasteiger partial charge in [-0.15, -0.1) is 0 Å². The summed E-state index contributed by atoms with van der Waals surface area (Å²) in [6.45, 7) is 0.340. The molecule has 1 atom stereocenters. The molecule has 15 heavy (non-hydrogen) atoms. The van der Waals surface area contributed by atoms with Crippen molar-refractivity contribution in [2.24, 2.45) is 5.73 Å². The number of aliphatic hydroxyl groups excluding tert-OH is 1. The molecule has 0 saturated heterocycles. The average Bonchev–Trinajstić information content (AvgIpc) is 2.16. The number of rotatable bonds is 3. The third kappa shape index (κ3) is 1.84. The standard InChI is InChI=1S/C12H16BrNO/c13-10-4-1-3-9(7-10)12(5-2-6-12)11(15)8-14/h1,3-4,7,11,15H,2,5-6,8,14H2. The van der Waals surface area contributed by atoms with Crippen LogP contribution in [-0.2, 0) is 5.41 Å². The first-order valence-electron chi connectivity index (χ1n) is 5.33. The molecule has 2 nitrogen and oxygen atoms in total. The fourth-order valence-corrected chi connectivity index (χ4v) is 2.79. The lowest BCUT2D eigenvalue weighted by molar-refractivity contribution is 0.0347. The first-order chi connectivity index (χ1) is 7.19. The molecule has 0 amide bonds. The van der Waals surface area contributed by atoms with Crippen molar-refractivity contribution in [2.45, 2.75) is 30.8 Å². The van der Waals surface area contributed by atoms with Crippen molar-refractivity contribution in [3.05, 3.63) is 34.3 Å². The first kappa shape index (κ1) is 11.1. The minimum atomic E-state index is -0.416. The Bertz CT molecular complexity index is 349. The van der Waals surface area contributed by atoms with Crippen LogP contribution in [0, 0.1) is 0 Å². The highest BCUT2D eigenvalue weighted by Gasteiger charge is 2.44. The number of benzene rings is 1. The second-order valence-corrected chi connectivity index (χ2v) is 5.19. The van der Waals surface area contributed by atoms with E-state index >= 15 is 0 Å². The van der Waals surface area contributed by atoms with Crippen molar-refractivity contribution in [1.29, 1.82) is 0 Å². The van der Waals surface area contributed by atoms with E-state index in [1.54, 1.807) is 0 Å². The second kappa shape index (κ2) is 4.24. The second-order valence-electron chi connectivity index (χ2n) is 4.27. The van der Waals surface area contributed by atoms with Gasteiger partial charge in [-0.1, -0.05) is 34.5 Å². The van der Waals surface area contributed by atoms with Crippen LogP contribution in [0.15, 0.2) is 28.7 Å². The van der Waals surface area contributed by atoms with Crippen LogP contribution in [0.2, 0.25) is 0 Å². The van der Waals surface area contributed by atoms with Gasteiger partial charge in [-0.05, 0) is 30.5 Å². The Hall–Kier alpha value is -0.380. The number of hydrogen-bond donors (Lipinski definition) is 2. The van der Waals surface area contributed by atoms with Crippen LogP contribution < -0.4 is 5.73 Å². The van der Waals surface area contributed by atoms with Gasteiger partial charge in [0.25, 0.3) is 0 Å². The molecule has 1 aliphatic rings. The summed E-state index contributed by atoms with van der Waals surface area (Å²) in [7, 11) is 0. The Morgan fingerprint density at radius 2 is 2.20 bits per heavy atom. The van der Waals surface area contributed by atoms with E-state index in [9.17, 15) is 5.11 Å². The van der Waals surface area contributed by atoms with Gasteiger partial charge in [0.2, 0.25) is 0 Å². The highest BCUT2D eigenvalue weighted by molar-refractivity contribution is 9.10. The summed E-state index contributed by atoms with van der Waals surface area (Å²) in [5.74, 6) is 0. The molecular weight excluding hydrogens is 254 g/mol. The lowest BCUT2D eigenvalue weighted by Gasteiger charge is -2.45. The molecule has 0 radical (unpaired) electrons. The van der Waals surface area contributed by atoms with Crippen LogP contribution in [0.4, 0.5) is 0 Å². The van der Waals surface area contributed by atoms with Crippen molar-refractivity contribution in [3.8, 4) is 0 Å². The lowest BCUT2D eigenvalue weighted by Crippen LogP contribution is -2.49. The Balaban J connectivity index is 2.34. The van der Waals surface area contributed by atoms with Gasteiger partial charge in [-0.2, -0.15) is 0 Å². The van der Waals surface area contributed by atoms with Crippen LogP contribution in [0.1, 0.15) is 24.8 Å². The summed E-state index contributed by atoms with van der Waals surface area (Å²) in [4.78, 5) is 0. The molecule has 1 aromatic rings. The summed E-state index contributed by atoms with van der Waals surface area (Å²) in [5, 5.41) is 10.0. The lowest BCUT2D eigenvalue weighted by atomic mass is 9.61. The van der Waals surface area contributed by atoms with E-state index in [2.05, 4.69) is 28.1 Å². The molecule has 1 aromatic carbocycles. The molecule has 0 bridgehead atoms. The molecule has 0 aromatic heterocycles. The zero-order valence-corrected chi connectivity index (χ0v) is 10.2. The van der Waals surface area contributed by atoms with Gasteiger partial charge in [0.15, 0.2) is 0 Å². The molecule has 0 spiro atoms. The first-order valence-corrected chi connectivity index (χ1v) is 6.12. The minimum Gasteiger partial charge on any atom is -0.391 e. The number of hydrogen-bond acceptors (Lipinski definition) is 2. The Morgan fingerprint density at radius 1 is 1.47 bits per heavy atom. The maximum absolute atomic E-state index is 10.0. The molecular formula is C12H16BrNO. The van der Waals surface area contributed by atoms with Gasteiger partial charge < -0.3 is 10.8 Å². The predicted molar refractivity (Wildman–Crippen MR) is 64.7 cm³/mol. The Morgan fingerprint density at radius 3 is 2.67 bits per heavy atom. The molecule has 0 heterocycles. The van der Waals surface area contributed by atoms with E-state index in [1.807, 2.05) is 12.1 Å². The third-order valence-corrected chi connectivity index (χ3v) is 4.00. The van der Waals surface area contributed by atoms with Crippen molar-refractivity contribution in [1.82, 2.24) is 0 Å². The monoisotopic (exact) mass is 269 g/mol. The van der Waals surface area contributed by atoms with E-state index in [1.165, 1.54) is 12.0 Å². The van der Waals surface area contributed by atoms with Gasteiger partial charge in [-0.25, -0.2) is 0 Å². The van der Waals surface area contributed by atoms with Gasteiger partial charge in [0, 0.05) is 16.4 Å². The largest absolute Gasteiger partial charge is 0.391 e. The van der Waals surface area contributed by atoms with E-state index in [-0.39, 0.29) is 5.41 Å². The molecule has 1 fully saturated rings.